The Morgan fingerprint density at radius 2 is 1.59 bits per heavy atom. The minimum Gasteiger partial charge on any atom is -0.388 e. The summed E-state index contributed by atoms with van der Waals surface area (Å²) in [6.45, 7) is 0. The summed E-state index contributed by atoms with van der Waals surface area (Å²) in [6, 6.07) is 22.9. The molecule has 22 heavy (non-hydrogen) atoms. The van der Waals surface area contributed by atoms with E-state index in [1.165, 1.54) is 0 Å². The molecule has 0 aliphatic carbocycles. The number of aliphatic hydroxyl groups excluding tert-OH is 1. The van der Waals surface area contributed by atoms with Gasteiger partial charge in [-0.2, -0.15) is 0 Å². The topological polar surface area (TPSA) is 49.3 Å². The molecule has 0 saturated carbocycles. The lowest BCUT2D eigenvalue weighted by Crippen LogP contribution is -2.15. The highest BCUT2D eigenvalue weighted by Gasteiger charge is 2.13. The van der Waals surface area contributed by atoms with E-state index in [4.69, 9.17) is 0 Å². The maximum atomic E-state index is 12.2. The highest BCUT2D eigenvalue weighted by atomic mass is 16.3. The highest BCUT2D eigenvalue weighted by Crippen LogP contribution is 2.24. The smallest absolute Gasteiger partial charge is 0.227 e. The molecule has 0 aliphatic rings. The molecule has 1 atom stereocenters. The van der Waals surface area contributed by atoms with Crippen LogP contribution in [0.5, 0.6) is 0 Å². The molecule has 0 heterocycles. The number of hydrogen-bond acceptors (Lipinski definition) is 2. The molecular formula is C19H17NO2. The number of benzene rings is 3. The standard InChI is InChI=1S/C19H17NO2/c21-18(15-8-2-1-3-9-15)13-19(22)20-17-12-6-10-14-7-4-5-11-16(14)17/h1-12,18,21H,13H2,(H,20,22). The van der Waals surface area contributed by atoms with Gasteiger partial charge in [0.1, 0.15) is 0 Å². The van der Waals surface area contributed by atoms with Crippen molar-refractivity contribution in [1.29, 1.82) is 0 Å². The van der Waals surface area contributed by atoms with Crippen molar-refractivity contribution >= 4 is 22.4 Å². The first-order valence-electron chi connectivity index (χ1n) is 7.24. The van der Waals surface area contributed by atoms with Crippen molar-refractivity contribution in [3.63, 3.8) is 0 Å². The first kappa shape index (κ1) is 14.3. The summed E-state index contributed by atoms with van der Waals surface area (Å²) < 4.78 is 0. The lowest BCUT2D eigenvalue weighted by molar-refractivity contribution is -0.118. The maximum Gasteiger partial charge on any atom is 0.227 e. The van der Waals surface area contributed by atoms with E-state index < -0.39 is 6.10 Å². The van der Waals surface area contributed by atoms with Gasteiger partial charge in [-0.3, -0.25) is 4.79 Å². The Morgan fingerprint density at radius 3 is 2.41 bits per heavy atom. The summed E-state index contributed by atoms with van der Waals surface area (Å²) in [5.41, 5.74) is 1.51. The van der Waals surface area contributed by atoms with E-state index in [9.17, 15) is 9.90 Å². The maximum absolute atomic E-state index is 12.2. The van der Waals surface area contributed by atoms with Crippen LogP contribution in [0.15, 0.2) is 72.8 Å². The Balaban J connectivity index is 1.74. The van der Waals surface area contributed by atoms with Gasteiger partial charge in [-0.25, -0.2) is 0 Å². The average Bonchev–Trinajstić information content (AvgIpc) is 2.56. The van der Waals surface area contributed by atoms with Crippen LogP contribution in [-0.2, 0) is 4.79 Å². The number of nitrogens with one attached hydrogen (secondary N) is 1. The zero-order chi connectivity index (χ0) is 15.4. The monoisotopic (exact) mass is 291 g/mol. The molecular weight excluding hydrogens is 274 g/mol. The Labute approximate surface area is 129 Å². The van der Waals surface area contributed by atoms with E-state index in [1.807, 2.05) is 72.8 Å². The molecule has 1 amide bonds. The molecule has 3 aromatic rings. The fourth-order valence-corrected chi connectivity index (χ4v) is 2.50. The van der Waals surface area contributed by atoms with Gasteiger partial charge in [0.2, 0.25) is 5.91 Å². The average molecular weight is 291 g/mol. The third-order valence-electron chi connectivity index (χ3n) is 3.63. The molecule has 0 spiro atoms. The van der Waals surface area contributed by atoms with Gasteiger partial charge in [0.25, 0.3) is 0 Å². The molecule has 0 saturated heterocycles. The van der Waals surface area contributed by atoms with Crippen molar-refractivity contribution in [2.45, 2.75) is 12.5 Å². The molecule has 3 aromatic carbocycles. The van der Waals surface area contributed by atoms with Crippen LogP contribution in [-0.4, -0.2) is 11.0 Å². The first-order valence-corrected chi connectivity index (χ1v) is 7.24. The number of fused-ring (bicyclic) bond motifs is 1. The van der Waals surface area contributed by atoms with Gasteiger partial charge in [-0.05, 0) is 17.0 Å². The SMILES string of the molecule is O=C(CC(O)c1ccccc1)Nc1cccc2ccccc12. The van der Waals surface area contributed by atoms with Crippen LogP contribution in [0, 0.1) is 0 Å². The number of hydrogen-bond donors (Lipinski definition) is 2. The Morgan fingerprint density at radius 1 is 0.909 bits per heavy atom. The number of amides is 1. The van der Waals surface area contributed by atoms with Crippen LogP contribution >= 0.6 is 0 Å². The van der Waals surface area contributed by atoms with E-state index in [2.05, 4.69) is 5.32 Å². The lowest BCUT2D eigenvalue weighted by Gasteiger charge is -2.12. The second-order valence-corrected chi connectivity index (χ2v) is 5.21. The second kappa shape index (κ2) is 6.41. The predicted octanol–water partition coefficient (Wildman–Crippen LogP) is 3.90. The molecule has 3 nitrogen and oxygen atoms in total. The summed E-state index contributed by atoms with van der Waals surface area (Å²) in [4.78, 5) is 12.2. The van der Waals surface area contributed by atoms with Crippen molar-refractivity contribution < 1.29 is 9.90 Å². The van der Waals surface area contributed by atoms with E-state index in [-0.39, 0.29) is 12.3 Å². The third-order valence-corrected chi connectivity index (χ3v) is 3.63. The molecule has 3 heteroatoms. The van der Waals surface area contributed by atoms with E-state index in [0.717, 1.165) is 22.0 Å². The minimum atomic E-state index is -0.795. The first-order chi connectivity index (χ1) is 10.7. The van der Waals surface area contributed by atoms with Gasteiger partial charge >= 0.3 is 0 Å². The molecule has 1 unspecified atom stereocenters. The minimum absolute atomic E-state index is 0.0350. The summed E-state index contributed by atoms with van der Waals surface area (Å²) in [6.07, 6.45) is -0.760. The number of carbonyl (C=O) groups is 1. The van der Waals surface area contributed by atoms with Crippen LogP contribution in [0.3, 0.4) is 0 Å². The van der Waals surface area contributed by atoms with E-state index in [0.29, 0.717) is 0 Å². The summed E-state index contributed by atoms with van der Waals surface area (Å²) in [5, 5.41) is 15.1. The predicted molar refractivity (Wildman–Crippen MR) is 88.6 cm³/mol. The number of aliphatic hydroxyl groups is 1. The molecule has 0 aromatic heterocycles. The molecule has 0 radical (unpaired) electrons. The molecule has 2 N–H and O–H groups in total. The van der Waals surface area contributed by atoms with Crippen LogP contribution < -0.4 is 5.32 Å². The zero-order valence-electron chi connectivity index (χ0n) is 12.1. The van der Waals surface area contributed by atoms with Gasteiger partial charge < -0.3 is 10.4 Å². The lowest BCUT2D eigenvalue weighted by atomic mass is 10.1. The van der Waals surface area contributed by atoms with Crippen molar-refractivity contribution in [3.8, 4) is 0 Å². The highest BCUT2D eigenvalue weighted by molar-refractivity contribution is 6.02. The Hall–Kier alpha value is -2.65. The fourth-order valence-electron chi connectivity index (χ4n) is 2.50. The third kappa shape index (κ3) is 3.15. The van der Waals surface area contributed by atoms with Crippen molar-refractivity contribution in [1.82, 2.24) is 0 Å². The van der Waals surface area contributed by atoms with Crippen LogP contribution in [0.4, 0.5) is 5.69 Å². The van der Waals surface area contributed by atoms with Crippen LogP contribution in [0.2, 0.25) is 0 Å². The van der Waals surface area contributed by atoms with Crippen molar-refractivity contribution in [3.05, 3.63) is 78.4 Å². The second-order valence-electron chi connectivity index (χ2n) is 5.21. The fraction of sp³-hybridized carbons (Fsp3) is 0.105. The van der Waals surface area contributed by atoms with Gasteiger partial charge in [-0.15, -0.1) is 0 Å². The van der Waals surface area contributed by atoms with Gasteiger partial charge in [0, 0.05) is 11.1 Å². The van der Waals surface area contributed by atoms with Gasteiger partial charge in [-0.1, -0.05) is 66.7 Å². The normalized spacial score (nSPS) is 12.0. The van der Waals surface area contributed by atoms with Crippen molar-refractivity contribution in [2.24, 2.45) is 0 Å². The van der Waals surface area contributed by atoms with Crippen LogP contribution in [0.25, 0.3) is 10.8 Å². The van der Waals surface area contributed by atoms with Gasteiger partial charge in [0.15, 0.2) is 0 Å². The summed E-state index contributed by atoms with van der Waals surface area (Å²) in [5.74, 6) is -0.201. The van der Waals surface area contributed by atoms with E-state index >= 15 is 0 Å². The van der Waals surface area contributed by atoms with E-state index in [1.54, 1.807) is 0 Å². The molecule has 110 valence electrons. The van der Waals surface area contributed by atoms with Crippen LogP contribution in [0.1, 0.15) is 18.1 Å². The Bertz CT molecular complexity index is 778. The van der Waals surface area contributed by atoms with Crippen molar-refractivity contribution in [2.75, 3.05) is 5.32 Å². The number of anilines is 1. The molecule has 0 fully saturated rings. The largest absolute Gasteiger partial charge is 0.388 e. The molecule has 3 rings (SSSR count). The number of carbonyl (C=O) groups excluding carboxylic acids is 1. The quantitative estimate of drug-likeness (QED) is 0.766. The zero-order valence-corrected chi connectivity index (χ0v) is 12.1. The summed E-state index contributed by atoms with van der Waals surface area (Å²) in [7, 11) is 0. The Kier molecular flexibility index (Phi) is 4.17. The summed E-state index contributed by atoms with van der Waals surface area (Å²) >= 11 is 0. The molecule has 0 aliphatic heterocycles. The molecule has 0 bridgehead atoms. The van der Waals surface area contributed by atoms with Gasteiger partial charge in [0.05, 0.1) is 12.5 Å². The number of rotatable bonds is 4.